The van der Waals surface area contributed by atoms with Gasteiger partial charge in [-0.1, -0.05) is 51.2 Å². The molecule has 3 heterocycles. The van der Waals surface area contributed by atoms with E-state index in [9.17, 15) is 4.39 Å². The van der Waals surface area contributed by atoms with Crippen molar-refractivity contribution in [2.24, 2.45) is 0 Å². The van der Waals surface area contributed by atoms with E-state index in [4.69, 9.17) is 15.6 Å². The fraction of sp³-hybridized carbons (Fsp3) is 0.391. The standard InChI is InChI=1S/C23H26FI2N5O/c1-14(22-15(11-25)2-3-19(24)18(22)12-26)32-21-10-16(13-29-23(21)27)20-6-9-31(30-20)17-4-7-28-8-5-17/h2-3,6,9-10,13-14,17,28H,4-5,7-8,11-12H2,1H3,(H2,27,29)/t14-/m0/s1. The molecule has 0 aliphatic carbocycles. The number of aromatic nitrogens is 3. The van der Waals surface area contributed by atoms with Crippen LogP contribution in [0, 0.1) is 5.82 Å². The molecule has 4 rings (SSSR count). The fourth-order valence-electron chi connectivity index (χ4n) is 4.15. The summed E-state index contributed by atoms with van der Waals surface area (Å²) in [4.78, 5) is 4.34. The average molecular weight is 661 g/mol. The summed E-state index contributed by atoms with van der Waals surface area (Å²) in [5.74, 6) is 0.582. The number of nitrogens with zero attached hydrogens (tertiary/aromatic N) is 3. The van der Waals surface area contributed by atoms with Crippen LogP contribution in [0.1, 0.15) is 48.6 Å². The Kier molecular flexibility index (Phi) is 7.87. The van der Waals surface area contributed by atoms with Gasteiger partial charge in [0.1, 0.15) is 11.9 Å². The number of nitrogens with one attached hydrogen (secondary N) is 1. The smallest absolute Gasteiger partial charge is 0.166 e. The van der Waals surface area contributed by atoms with Gasteiger partial charge in [0.25, 0.3) is 0 Å². The lowest BCUT2D eigenvalue weighted by atomic mass is 9.98. The number of benzene rings is 1. The third-order valence-corrected chi connectivity index (χ3v) is 7.43. The molecule has 0 bridgehead atoms. The molecule has 0 saturated carbocycles. The molecule has 6 nitrogen and oxygen atoms in total. The van der Waals surface area contributed by atoms with E-state index in [1.54, 1.807) is 6.20 Å². The van der Waals surface area contributed by atoms with Crippen molar-refractivity contribution in [3.05, 3.63) is 59.2 Å². The third kappa shape index (κ3) is 5.04. The van der Waals surface area contributed by atoms with Gasteiger partial charge in [-0.05, 0) is 56.6 Å². The number of hydrogen-bond donors (Lipinski definition) is 2. The van der Waals surface area contributed by atoms with Crippen LogP contribution in [0.4, 0.5) is 10.2 Å². The first kappa shape index (κ1) is 23.7. The van der Waals surface area contributed by atoms with Crippen molar-refractivity contribution in [3.8, 4) is 17.0 Å². The summed E-state index contributed by atoms with van der Waals surface area (Å²) in [6.45, 7) is 3.95. The van der Waals surface area contributed by atoms with Gasteiger partial charge in [-0.3, -0.25) is 4.68 Å². The number of halogens is 3. The lowest BCUT2D eigenvalue weighted by Crippen LogP contribution is -2.29. The van der Waals surface area contributed by atoms with Crippen molar-refractivity contribution in [1.29, 1.82) is 0 Å². The summed E-state index contributed by atoms with van der Waals surface area (Å²) in [5, 5.41) is 8.16. The Bertz CT molecular complexity index is 1080. The SMILES string of the molecule is C[C@H](Oc1cc(-c2ccn(C3CCNCC3)n2)cnc1N)c1c(CI)ccc(F)c1CI. The second kappa shape index (κ2) is 10.6. The van der Waals surface area contributed by atoms with E-state index in [0.717, 1.165) is 52.7 Å². The quantitative estimate of drug-likeness (QED) is 0.255. The maximum absolute atomic E-state index is 14.5. The Labute approximate surface area is 214 Å². The first-order valence-electron chi connectivity index (χ1n) is 10.6. The first-order chi connectivity index (χ1) is 15.5. The summed E-state index contributed by atoms with van der Waals surface area (Å²) in [6.07, 6.45) is 5.51. The fourth-order valence-corrected chi connectivity index (χ4v) is 5.59. The van der Waals surface area contributed by atoms with E-state index < -0.39 is 0 Å². The van der Waals surface area contributed by atoms with Gasteiger partial charge >= 0.3 is 0 Å². The van der Waals surface area contributed by atoms with E-state index in [2.05, 4.69) is 55.5 Å². The number of nitrogen functional groups attached to an aromatic ring is 1. The number of nitrogens with two attached hydrogens (primary N) is 1. The number of alkyl halides is 2. The number of hydrogen-bond acceptors (Lipinski definition) is 5. The molecule has 1 fully saturated rings. The summed E-state index contributed by atoms with van der Waals surface area (Å²) < 4.78 is 24.1. The van der Waals surface area contributed by atoms with E-state index in [-0.39, 0.29) is 11.9 Å². The molecule has 1 saturated heterocycles. The molecule has 1 atom stereocenters. The van der Waals surface area contributed by atoms with E-state index >= 15 is 0 Å². The Morgan fingerprint density at radius 3 is 2.75 bits per heavy atom. The molecule has 1 aliphatic rings. The minimum absolute atomic E-state index is 0.207. The predicted octanol–water partition coefficient (Wildman–Crippen LogP) is 5.60. The van der Waals surface area contributed by atoms with Crippen molar-refractivity contribution < 1.29 is 9.13 Å². The van der Waals surface area contributed by atoms with Crippen LogP contribution in [0.2, 0.25) is 0 Å². The van der Waals surface area contributed by atoms with Crippen LogP contribution < -0.4 is 15.8 Å². The van der Waals surface area contributed by atoms with Gasteiger partial charge in [-0.2, -0.15) is 5.10 Å². The number of ether oxygens (including phenoxy) is 1. The lowest BCUT2D eigenvalue weighted by Gasteiger charge is -2.23. The summed E-state index contributed by atoms with van der Waals surface area (Å²) in [7, 11) is 0. The van der Waals surface area contributed by atoms with Crippen LogP contribution >= 0.6 is 45.2 Å². The van der Waals surface area contributed by atoms with Gasteiger partial charge in [0.05, 0.1) is 11.7 Å². The van der Waals surface area contributed by atoms with Crippen molar-refractivity contribution in [2.45, 2.75) is 40.8 Å². The largest absolute Gasteiger partial charge is 0.482 e. The predicted molar refractivity (Wildman–Crippen MR) is 142 cm³/mol. The maximum Gasteiger partial charge on any atom is 0.166 e. The molecule has 9 heteroatoms. The minimum atomic E-state index is -0.369. The average Bonchev–Trinajstić information content (AvgIpc) is 3.31. The second-order valence-corrected chi connectivity index (χ2v) is 9.42. The van der Waals surface area contributed by atoms with Crippen LogP contribution in [0.25, 0.3) is 11.3 Å². The Balaban J connectivity index is 1.61. The number of rotatable bonds is 7. The van der Waals surface area contributed by atoms with Gasteiger partial charge < -0.3 is 15.8 Å². The topological polar surface area (TPSA) is 78.0 Å². The highest BCUT2D eigenvalue weighted by Gasteiger charge is 2.21. The summed E-state index contributed by atoms with van der Waals surface area (Å²) in [5.41, 5.74) is 10.4. The van der Waals surface area contributed by atoms with Gasteiger partial charge in [-0.25, -0.2) is 9.37 Å². The molecule has 170 valence electrons. The van der Waals surface area contributed by atoms with Gasteiger partial charge in [0.15, 0.2) is 11.6 Å². The highest BCUT2D eigenvalue weighted by Crippen LogP contribution is 2.35. The highest BCUT2D eigenvalue weighted by molar-refractivity contribution is 14.1. The van der Waals surface area contributed by atoms with E-state index in [1.807, 2.05) is 36.0 Å². The summed E-state index contributed by atoms with van der Waals surface area (Å²) >= 11 is 4.49. The molecule has 0 radical (unpaired) electrons. The number of pyridine rings is 1. The first-order valence-corrected chi connectivity index (χ1v) is 13.7. The molecule has 1 aliphatic heterocycles. The molecular weight excluding hydrogens is 635 g/mol. The van der Waals surface area contributed by atoms with Crippen LogP contribution in [-0.2, 0) is 8.86 Å². The monoisotopic (exact) mass is 661 g/mol. The molecular formula is C23H26FI2N5O. The van der Waals surface area contributed by atoms with Gasteiger partial charge in [0.2, 0.25) is 0 Å². The number of piperidine rings is 1. The van der Waals surface area contributed by atoms with Crippen molar-refractivity contribution in [1.82, 2.24) is 20.1 Å². The van der Waals surface area contributed by atoms with Crippen molar-refractivity contribution >= 4 is 51.0 Å². The van der Waals surface area contributed by atoms with Gasteiger partial charge in [0, 0.05) is 37.9 Å². The Morgan fingerprint density at radius 2 is 2.03 bits per heavy atom. The van der Waals surface area contributed by atoms with Crippen molar-refractivity contribution in [3.63, 3.8) is 0 Å². The lowest BCUT2D eigenvalue weighted by molar-refractivity contribution is 0.225. The molecule has 0 spiro atoms. The van der Waals surface area contributed by atoms with Crippen LogP contribution in [0.5, 0.6) is 5.75 Å². The molecule has 3 aromatic rings. The zero-order chi connectivity index (χ0) is 22.7. The third-order valence-electron chi connectivity index (χ3n) is 5.85. The van der Waals surface area contributed by atoms with Crippen molar-refractivity contribution in [2.75, 3.05) is 18.8 Å². The Hall–Kier alpha value is -1.47. The molecule has 0 unspecified atom stereocenters. The zero-order valence-electron chi connectivity index (χ0n) is 17.8. The van der Waals surface area contributed by atoms with Gasteiger partial charge in [-0.15, -0.1) is 0 Å². The summed E-state index contributed by atoms with van der Waals surface area (Å²) in [6, 6.07) is 7.65. The molecule has 0 amide bonds. The Morgan fingerprint density at radius 1 is 1.25 bits per heavy atom. The molecule has 3 N–H and O–H groups in total. The minimum Gasteiger partial charge on any atom is -0.482 e. The highest BCUT2D eigenvalue weighted by atomic mass is 127. The molecule has 1 aromatic carbocycles. The van der Waals surface area contributed by atoms with Crippen LogP contribution in [-0.4, -0.2) is 27.9 Å². The van der Waals surface area contributed by atoms with Crippen LogP contribution in [0.3, 0.4) is 0 Å². The van der Waals surface area contributed by atoms with E-state index in [0.29, 0.717) is 27.6 Å². The normalized spacial score (nSPS) is 15.6. The molecule has 32 heavy (non-hydrogen) atoms. The van der Waals surface area contributed by atoms with E-state index in [1.165, 1.54) is 6.07 Å². The van der Waals surface area contributed by atoms with Crippen LogP contribution in [0.15, 0.2) is 36.7 Å². The maximum atomic E-state index is 14.5. The number of anilines is 1. The molecule has 2 aromatic heterocycles. The zero-order valence-corrected chi connectivity index (χ0v) is 22.1. The second-order valence-electron chi connectivity index (χ2n) is 7.90.